The lowest BCUT2D eigenvalue weighted by Gasteiger charge is -2.11. The fourth-order valence-electron chi connectivity index (χ4n) is 3.63. The van der Waals surface area contributed by atoms with Crippen LogP contribution in [-0.4, -0.2) is 19.7 Å². The number of nitrogens with zero attached hydrogens (tertiary/aromatic N) is 2. The van der Waals surface area contributed by atoms with Crippen molar-refractivity contribution in [3.8, 4) is 16.9 Å². The van der Waals surface area contributed by atoms with Gasteiger partial charge in [0.05, 0.1) is 23.8 Å². The highest BCUT2D eigenvalue weighted by Gasteiger charge is 2.29. The number of nitro groups is 1. The van der Waals surface area contributed by atoms with E-state index in [1.807, 2.05) is 28.8 Å². The molecule has 0 radical (unpaired) electrons. The highest BCUT2D eigenvalue weighted by atomic mass is 16.6. The Balaban J connectivity index is 1.98. The summed E-state index contributed by atoms with van der Waals surface area (Å²) in [5.41, 5.74) is 6.09. The summed E-state index contributed by atoms with van der Waals surface area (Å²) in [6.45, 7) is -0.365. The summed E-state index contributed by atoms with van der Waals surface area (Å²) in [5.74, 6) is 0. The highest BCUT2D eigenvalue weighted by Crippen LogP contribution is 2.41. The van der Waals surface area contributed by atoms with E-state index in [9.17, 15) is 20.3 Å². The van der Waals surface area contributed by atoms with Crippen molar-refractivity contribution in [3.63, 3.8) is 0 Å². The number of benzene rings is 2. The smallest absolute Gasteiger partial charge is 0.269 e. The van der Waals surface area contributed by atoms with Crippen molar-refractivity contribution in [2.75, 3.05) is 0 Å². The van der Waals surface area contributed by atoms with Gasteiger partial charge in [0.1, 0.15) is 0 Å². The molecular weight excluding hydrogens is 320 g/mol. The predicted octanol–water partition coefficient (Wildman–Crippen LogP) is 2.94. The minimum atomic E-state index is -0.437. The van der Waals surface area contributed by atoms with E-state index in [0.717, 1.165) is 33.8 Å². The average molecular weight is 336 g/mol. The SMILES string of the molecule is O=[N+]([O-])c1ccc(-c2c(CO)c(CO)c3n2-c2ccccc2C3)cc1. The highest BCUT2D eigenvalue weighted by molar-refractivity contribution is 5.74. The minimum Gasteiger partial charge on any atom is -0.392 e. The van der Waals surface area contributed by atoms with Crippen molar-refractivity contribution < 1.29 is 15.1 Å². The van der Waals surface area contributed by atoms with Gasteiger partial charge in [0, 0.05) is 41.1 Å². The largest absolute Gasteiger partial charge is 0.392 e. The second kappa shape index (κ2) is 5.84. The summed E-state index contributed by atoms with van der Waals surface area (Å²) in [5, 5.41) is 30.7. The molecule has 1 aliphatic rings. The van der Waals surface area contributed by atoms with Gasteiger partial charge in [0.15, 0.2) is 0 Å². The summed E-state index contributed by atoms with van der Waals surface area (Å²) >= 11 is 0. The molecule has 0 saturated heterocycles. The molecule has 0 saturated carbocycles. The molecule has 6 nitrogen and oxygen atoms in total. The first-order chi connectivity index (χ1) is 12.2. The monoisotopic (exact) mass is 336 g/mol. The zero-order valence-electron chi connectivity index (χ0n) is 13.3. The molecule has 25 heavy (non-hydrogen) atoms. The zero-order valence-corrected chi connectivity index (χ0v) is 13.3. The number of aromatic nitrogens is 1. The quantitative estimate of drug-likeness (QED) is 0.443. The Labute approximate surface area is 143 Å². The van der Waals surface area contributed by atoms with E-state index in [2.05, 4.69) is 0 Å². The van der Waals surface area contributed by atoms with Gasteiger partial charge >= 0.3 is 0 Å². The van der Waals surface area contributed by atoms with Crippen molar-refractivity contribution >= 4 is 5.69 Å². The van der Waals surface area contributed by atoms with Gasteiger partial charge in [0.25, 0.3) is 5.69 Å². The molecule has 0 bridgehead atoms. The molecule has 0 fully saturated rings. The Kier molecular flexibility index (Phi) is 3.63. The Morgan fingerprint density at radius 1 is 1.00 bits per heavy atom. The van der Waals surface area contributed by atoms with Crippen LogP contribution in [0.3, 0.4) is 0 Å². The number of rotatable bonds is 4. The van der Waals surface area contributed by atoms with Gasteiger partial charge < -0.3 is 14.8 Å². The molecule has 126 valence electrons. The van der Waals surface area contributed by atoms with Crippen molar-refractivity contribution in [1.29, 1.82) is 0 Å². The number of hydrogen-bond donors (Lipinski definition) is 2. The summed E-state index contributed by atoms with van der Waals surface area (Å²) in [6, 6.07) is 14.2. The Hall–Kier alpha value is -2.96. The van der Waals surface area contributed by atoms with Crippen molar-refractivity contribution in [2.24, 2.45) is 0 Å². The summed E-state index contributed by atoms with van der Waals surface area (Å²) in [7, 11) is 0. The number of nitro benzene ring substituents is 1. The van der Waals surface area contributed by atoms with Gasteiger partial charge in [-0.25, -0.2) is 0 Å². The summed E-state index contributed by atoms with van der Waals surface area (Å²) in [6.07, 6.45) is 0.687. The third-order valence-electron chi connectivity index (χ3n) is 4.75. The Bertz CT molecular complexity index is 974. The molecule has 3 aromatic rings. The number of aliphatic hydroxyl groups excluding tert-OH is 2. The van der Waals surface area contributed by atoms with E-state index >= 15 is 0 Å². The first kappa shape index (κ1) is 15.6. The van der Waals surface area contributed by atoms with Crippen LogP contribution in [0.5, 0.6) is 0 Å². The van der Waals surface area contributed by atoms with Gasteiger partial charge in [-0.3, -0.25) is 10.1 Å². The number of non-ortho nitro benzene ring substituents is 1. The number of fused-ring (bicyclic) bond motifs is 3. The van der Waals surface area contributed by atoms with Gasteiger partial charge in [0.2, 0.25) is 0 Å². The minimum absolute atomic E-state index is 0.0188. The number of aliphatic hydroxyl groups is 2. The van der Waals surface area contributed by atoms with Crippen molar-refractivity contribution in [1.82, 2.24) is 4.57 Å². The number of hydrogen-bond acceptors (Lipinski definition) is 4. The normalized spacial score (nSPS) is 12.1. The molecule has 0 atom stereocenters. The molecule has 4 rings (SSSR count). The van der Waals surface area contributed by atoms with Crippen LogP contribution in [0.15, 0.2) is 48.5 Å². The van der Waals surface area contributed by atoms with Gasteiger partial charge in [-0.1, -0.05) is 18.2 Å². The summed E-state index contributed by atoms with van der Waals surface area (Å²) in [4.78, 5) is 10.5. The molecule has 0 amide bonds. The molecule has 1 aromatic heterocycles. The van der Waals surface area contributed by atoms with E-state index in [4.69, 9.17) is 0 Å². The van der Waals surface area contributed by atoms with Crippen LogP contribution in [0, 0.1) is 10.1 Å². The van der Waals surface area contributed by atoms with E-state index in [0.29, 0.717) is 12.0 Å². The van der Waals surface area contributed by atoms with E-state index < -0.39 is 4.92 Å². The molecule has 2 aromatic carbocycles. The lowest BCUT2D eigenvalue weighted by molar-refractivity contribution is -0.384. The van der Waals surface area contributed by atoms with Crippen LogP contribution in [0.4, 0.5) is 5.69 Å². The van der Waals surface area contributed by atoms with Crippen LogP contribution < -0.4 is 0 Å². The number of para-hydroxylation sites is 1. The standard InChI is InChI=1S/C19H16N2O4/c22-10-15-16(11-23)19(12-5-7-14(8-6-12)21(24)25)20-17-4-2-1-3-13(17)9-18(15)20/h1-8,22-23H,9-11H2. The van der Waals surface area contributed by atoms with Gasteiger partial charge in [-0.15, -0.1) is 0 Å². The molecule has 2 N–H and O–H groups in total. The second-order valence-electron chi connectivity index (χ2n) is 6.01. The fraction of sp³-hybridized carbons (Fsp3) is 0.158. The maximum absolute atomic E-state index is 10.9. The van der Waals surface area contributed by atoms with Crippen LogP contribution in [0.2, 0.25) is 0 Å². The molecular formula is C19H16N2O4. The molecule has 1 aliphatic heterocycles. The van der Waals surface area contributed by atoms with Crippen molar-refractivity contribution in [2.45, 2.75) is 19.6 Å². The molecule has 6 heteroatoms. The van der Waals surface area contributed by atoms with E-state index in [1.165, 1.54) is 12.1 Å². The molecule has 0 aliphatic carbocycles. The lowest BCUT2D eigenvalue weighted by Crippen LogP contribution is -1.98. The van der Waals surface area contributed by atoms with Crippen LogP contribution in [-0.2, 0) is 19.6 Å². The molecule has 0 spiro atoms. The average Bonchev–Trinajstić information content (AvgIpc) is 3.15. The van der Waals surface area contributed by atoms with Crippen LogP contribution in [0.1, 0.15) is 22.4 Å². The first-order valence-corrected chi connectivity index (χ1v) is 7.95. The van der Waals surface area contributed by atoms with Crippen LogP contribution in [0.25, 0.3) is 16.9 Å². The molecule has 2 heterocycles. The molecule has 0 unspecified atom stereocenters. The summed E-state index contributed by atoms with van der Waals surface area (Å²) < 4.78 is 2.05. The van der Waals surface area contributed by atoms with Crippen molar-refractivity contribution in [3.05, 3.63) is 81.0 Å². The fourth-order valence-corrected chi connectivity index (χ4v) is 3.63. The van der Waals surface area contributed by atoms with E-state index in [-0.39, 0.29) is 18.9 Å². The Morgan fingerprint density at radius 2 is 1.68 bits per heavy atom. The van der Waals surface area contributed by atoms with Gasteiger partial charge in [-0.05, 0) is 29.3 Å². The van der Waals surface area contributed by atoms with Gasteiger partial charge in [-0.2, -0.15) is 0 Å². The lowest BCUT2D eigenvalue weighted by atomic mass is 10.0. The zero-order chi connectivity index (χ0) is 17.6. The predicted molar refractivity (Wildman–Crippen MR) is 92.5 cm³/mol. The van der Waals surface area contributed by atoms with Crippen LogP contribution >= 0.6 is 0 Å². The maximum Gasteiger partial charge on any atom is 0.269 e. The topological polar surface area (TPSA) is 88.5 Å². The third-order valence-corrected chi connectivity index (χ3v) is 4.75. The van der Waals surface area contributed by atoms with E-state index in [1.54, 1.807) is 12.1 Å². The first-order valence-electron chi connectivity index (χ1n) is 7.95. The Morgan fingerprint density at radius 3 is 2.32 bits per heavy atom. The maximum atomic E-state index is 10.9. The third kappa shape index (κ3) is 2.26. The second-order valence-corrected chi connectivity index (χ2v) is 6.01.